The molecule has 0 aromatic carbocycles. The monoisotopic (exact) mass is 387 g/mol. The molecule has 0 saturated carbocycles. The largest absolute Gasteiger partial charge is 0.473 e. The van der Waals surface area contributed by atoms with Crippen LogP contribution in [-0.2, 0) is 14.3 Å². The van der Waals surface area contributed by atoms with Gasteiger partial charge in [-0.2, -0.15) is 0 Å². The van der Waals surface area contributed by atoms with Gasteiger partial charge >= 0.3 is 18.0 Å². The number of carboxylic acid groups (broad SMARTS) is 2. The topological polar surface area (TPSA) is 119 Å². The van der Waals surface area contributed by atoms with Gasteiger partial charge in [-0.25, -0.2) is 14.4 Å². The smallest absolute Gasteiger partial charge is 0.414 e. The molecule has 3 N–H and O–H groups in total. The van der Waals surface area contributed by atoms with Crippen LogP contribution in [0, 0.1) is 5.92 Å². The Hall–Kier alpha value is -1.87. The Morgan fingerprint density at radius 1 is 1.07 bits per heavy atom. The van der Waals surface area contributed by atoms with Crippen molar-refractivity contribution in [2.75, 3.05) is 39.3 Å². The summed E-state index contributed by atoms with van der Waals surface area (Å²) in [6.45, 7) is 14.1. The summed E-state index contributed by atoms with van der Waals surface area (Å²) in [5.74, 6) is -2.84. The molecule has 27 heavy (non-hydrogen) atoms. The van der Waals surface area contributed by atoms with Crippen LogP contribution in [0.4, 0.5) is 4.79 Å². The van der Waals surface area contributed by atoms with Crippen LogP contribution in [0.25, 0.3) is 0 Å². The van der Waals surface area contributed by atoms with E-state index in [1.165, 1.54) is 19.4 Å². The normalized spacial score (nSPS) is 21.8. The molecule has 9 nitrogen and oxygen atoms in total. The van der Waals surface area contributed by atoms with E-state index in [0.29, 0.717) is 0 Å². The first-order valence-electron chi connectivity index (χ1n) is 9.38. The van der Waals surface area contributed by atoms with E-state index in [1.807, 2.05) is 25.7 Å². The van der Waals surface area contributed by atoms with Crippen molar-refractivity contribution in [2.45, 2.75) is 52.2 Å². The van der Waals surface area contributed by atoms with Gasteiger partial charge in [-0.05, 0) is 59.5 Å². The number of piperidine rings is 1. The summed E-state index contributed by atoms with van der Waals surface area (Å²) in [6.07, 6.45) is 2.39. The third-order valence-corrected chi connectivity index (χ3v) is 4.50. The zero-order valence-corrected chi connectivity index (χ0v) is 16.7. The molecule has 1 unspecified atom stereocenters. The van der Waals surface area contributed by atoms with Crippen LogP contribution >= 0.6 is 0 Å². The quantitative estimate of drug-likeness (QED) is 0.602. The minimum atomic E-state index is -1.82. The SMILES string of the molecule is CC1CN(CC2CCNCC2)CCN1C(=O)OC(C)(C)C.O=C(O)C(=O)O. The maximum Gasteiger partial charge on any atom is 0.414 e. The van der Waals surface area contributed by atoms with Crippen molar-refractivity contribution in [1.82, 2.24) is 15.1 Å². The van der Waals surface area contributed by atoms with E-state index in [1.54, 1.807) is 0 Å². The Balaban J connectivity index is 0.000000527. The lowest BCUT2D eigenvalue weighted by molar-refractivity contribution is -0.159. The van der Waals surface area contributed by atoms with Crippen molar-refractivity contribution in [1.29, 1.82) is 0 Å². The molecule has 2 rings (SSSR count). The number of carbonyl (C=O) groups is 3. The third-order valence-electron chi connectivity index (χ3n) is 4.50. The van der Waals surface area contributed by atoms with Gasteiger partial charge in [-0.3, -0.25) is 4.90 Å². The summed E-state index contributed by atoms with van der Waals surface area (Å²) in [6, 6.07) is 0.232. The average molecular weight is 387 g/mol. The summed E-state index contributed by atoms with van der Waals surface area (Å²) in [4.78, 5) is 34.8. The number of rotatable bonds is 2. The number of carbonyl (C=O) groups excluding carboxylic acids is 1. The lowest BCUT2D eigenvalue weighted by atomic mass is 9.97. The second-order valence-electron chi connectivity index (χ2n) is 8.09. The lowest BCUT2D eigenvalue weighted by Crippen LogP contribution is -2.55. The molecular formula is C18H33N3O6. The number of nitrogens with one attached hydrogen (secondary N) is 1. The second-order valence-corrected chi connectivity index (χ2v) is 8.09. The molecule has 9 heteroatoms. The molecule has 1 amide bonds. The van der Waals surface area contributed by atoms with Crippen molar-refractivity contribution in [2.24, 2.45) is 5.92 Å². The van der Waals surface area contributed by atoms with Crippen molar-refractivity contribution in [3.05, 3.63) is 0 Å². The van der Waals surface area contributed by atoms with Gasteiger partial charge in [-0.1, -0.05) is 0 Å². The minimum Gasteiger partial charge on any atom is -0.473 e. The summed E-state index contributed by atoms with van der Waals surface area (Å²) in [5, 5.41) is 18.2. The van der Waals surface area contributed by atoms with Gasteiger partial charge in [-0.15, -0.1) is 0 Å². The standard InChI is InChI=1S/C16H31N3O2.C2H2O4/c1-13-11-18(12-14-5-7-17-8-6-14)9-10-19(13)15(20)21-16(2,3)4;3-1(4)2(5)6/h13-14,17H,5-12H2,1-4H3;(H,3,4)(H,5,6). The van der Waals surface area contributed by atoms with Gasteiger partial charge in [0, 0.05) is 32.2 Å². The van der Waals surface area contributed by atoms with Crippen LogP contribution in [-0.4, -0.2) is 89.0 Å². The van der Waals surface area contributed by atoms with Gasteiger partial charge in [0.05, 0.1) is 0 Å². The third kappa shape index (κ3) is 9.05. The zero-order valence-electron chi connectivity index (χ0n) is 16.7. The highest BCUT2D eigenvalue weighted by atomic mass is 16.6. The molecule has 2 aliphatic rings. The number of piperazine rings is 1. The number of hydrogen-bond donors (Lipinski definition) is 3. The zero-order chi connectivity index (χ0) is 20.6. The average Bonchev–Trinajstić information content (AvgIpc) is 2.54. The Morgan fingerprint density at radius 2 is 1.63 bits per heavy atom. The predicted octanol–water partition coefficient (Wildman–Crippen LogP) is 1.08. The maximum atomic E-state index is 12.2. The number of nitrogens with zero attached hydrogens (tertiary/aromatic N) is 2. The minimum absolute atomic E-state index is 0.170. The number of amides is 1. The molecule has 0 bridgehead atoms. The van der Waals surface area contributed by atoms with E-state index < -0.39 is 17.5 Å². The van der Waals surface area contributed by atoms with Crippen LogP contribution in [0.15, 0.2) is 0 Å². The lowest BCUT2D eigenvalue weighted by Gasteiger charge is -2.41. The molecule has 2 aliphatic heterocycles. The summed E-state index contributed by atoms with van der Waals surface area (Å²) in [5.41, 5.74) is -0.414. The fraction of sp³-hybridized carbons (Fsp3) is 0.833. The van der Waals surface area contributed by atoms with Crippen LogP contribution in [0.3, 0.4) is 0 Å². The van der Waals surface area contributed by atoms with E-state index in [-0.39, 0.29) is 12.1 Å². The molecule has 0 aliphatic carbocycles. The molecule has 0 spiro atoms. The van der Waals surface area contributed by atoms with Crippen LogP contribution < -0.4 is 5.32 Å². The molecule has 0 radical (unpaired) electrons. The summed E-state index contributed by atoms with van der Waals surface area (Å²) in [7, 11) is 0. The summed E-state index contributed by atoms with van der Waals surface area (Å²) >= 11 is 0. The molecule has 156 valence electrons. The van der Waals surface area contributed by atoms with Gasteiger partial charge in [0.15, 0.2) is 0 Å². The number of ether oxygens (including phenoxy) is 1. The van der Waals surface area contributed by atoms with Crippen molar-refractivity contribution >= 4 is 18.0 Å². The van der Waals surface area contributed by atoms with Crippen molar-refractivity contribution < 1.29 is 29.3 Å². The maximum absolute atomic E-state index is 12.2. The number of carboxylic acids is 2. The number of hydrogen-bond acceptors (Lipinski definition) is 6. The first kappa shape index (κ1) is 23.2. The van der Waals surface area contributed by atoms with Crippen molar-refractivity contribution in [3.8, 4) is 0 Å². The van der Waals surface area contributed by atoms with Crippen LogP contribution in [0.1, 0.15) is 40.5 Å². The van der Waals surface area contributed by atoms with Crippen molar-refractivity contribution in [3.63, 3.8) is 0 Å². The highest BCUT2D eigenvalue weighted by molar-refractivity contribution is 6.27. The molecule has 2 heterocycles. The molecular weight excluding hydrogens is 354 g/mol. The number of aliphatic carboxylic acids is 2. The molecule has 2 saturated heterocycles. The second kappa shape index (κ2) is 10.5. The fourth-order valence-corrected chi connectivity index (χ4v) is 3.22. The Labute approximate surface area is 160 Å². The van der Waals surface area contributed by atoms with E-state index in [2.05, 4.69) is 17.1 Å². The van der Waals surface area contributed by atoms with Gasteiger partial charge in [0.25, 0.3) is 0 Å². The fourth-order valence-electron chi connectivity index (χ4n) is 3.22. The van der Waals surface area contributed by atoms with E-state index in [0.717, 1.165) is 38.6 Å². The van der Waals surface area contributed by atoms with Gasteiger partial charge < -0.3 is 25.2 Å². The van der Waals surface area contributed by atoms with Crippen LogP contribution in [0.5, 0.6) is 0 Å². The molecule has 2 fully saturated rings. The van der Waals surface area contributed by atoms with Crippen LogP contribution in [0.2, 0.25) is 0 Å². The molecule has 0 aromatic heterocycles. The van der Waals surface area contributed by atoms with E-state index >= 15 is 0 Å². The molecule has 0 aromatic rings. The first-order chi connectivity index (χ1) is 12.5. The Morgan fingerprint density at radius 3 is 2.07 bits per heavy atom. The first-order valence-corrected chi connectivity index (χ1v) is 9.38. The van der Waals surface area contributed by atoms with Gasteiger partial charge in [0.1, 0.15) is 5.60 Å². The van der Waals surface area contributed by atoms with E-state index in [4.69, 9.17) is 24.5 Å². The Bertz CT molecular complexity index is 502. The van der Waals surface area contributed by atoms with E-state index in [9.17, 15) is 4.79 Å². The highest BCUT2D eigenvalue weighted by Gasteiger charge is 2.31. The van der Waals surface area contributed by atoms with Gasteiger partial charge in [0.2, 0.25) is 0 Å². The predicted molar refractivity (Wildman–Crippen MR) is 99.7 cm³/mol. The molecule has 1 atom stereocenters. The Kier molecular flexibility index (Phi) is 8.98. The summed E-state index contributed by atoms with van der Waals surface area (Å²) < 4.78 is 5.49. The highest BCUT2D eigenvalue weighted by Crippen LogP contribution is 2.19.